The minimum absolute atomic E-state index is 0.704. The molecule has 2 bridgehead atoms. The molecule has 0 spiro atoms. The maximum absolute atomic E-state index is 5.03. The zero-order chi connectivity index (χ0) is 11.7. The molecule has 1 heterocycles. The summed E-state index contributed by atoms with van der Waals surface area (Å²) >= 11 is 0. The Bertz CT molecular complexity index is 379. The Morgan fingerprint density at radius 1 is 1.29 bits per heavy atom. The van der Waals surface area contributed by atoms with Gasteiger partial charge in [-0.25, -0.2) is 9.97 Å². The number of anilines is 1. The molecular formula is C13H19N3O. The molecule has 2 fully saturated rings. The van der Waals surface area contributed by atoms with Crippen LogP contribution in [-0.2, 0) is 0 Å². The molecule has 0 saturated heterocycles. The summed E-state index contributed by atoms with van der Waals surface area (Å²) in [5.74, 6) is 4.21. The molecule has 4 heteroatoms. The number of nitrogens with zero attached hydrogens (tertiary/aromatic N) is 2. The van der Waals surface area contributed by atoms with Gasteiger partial charge in [0.25, 0.3) is 0 Å². The van der Waals surface area contributed by atoms with Crippen LogP contribution in [0.2, 0.25) is 0 Å². The Kier molecular flexibility index (Phi) is 2.87. The second kappa shape index (κ2) is 4.51. The van der Waals surface area contributed by atoms with Crippen molar-refractivity contribution in [1.82, 2.24) is 9.97 Å². The highest BCUT2D eigenvalue weighted by Crippen LogP contribution is 2.48. The summed E-state index contributed by atoms with van der Waals surface area (Å²) in [6.07, 6.45) is 9.15. The van der Waals surface area contributed by atoms with Crippen molar-refractivity contribution in [1.29, 1.82) is 0 Å². The number of ether oxygens (including phenoxy) is 1. The van der Waals surface area contributed by atoms with Gasteiger partial charge in [0.1, 0.15) is 0 Å². The first-order valence-corrected chi connectivity index (χ1v) is 6.45. The van der Waals surface area contributed by atoms with E-state index in [1.54, 1.807) is 19.5 Å². The standard InChI is InChI=1S/C13H19N3O/c1-17-12-7-15-13(16-8-12)14-6-11-5-9-2-3-10(11)4-9/h7-11H,2-6H2,1H3,(H,14,15,16). The normalized spacial score (nSPS) is 30.5. The number of fused-ring (bicyclic) bond motifs is 2. The van der Waals surface area contributed by atoms with E-state index in [9.17, 15) is 0 Å². The second-order valence-corrected chi connectivity index (χ2v) is 5.26. The minimum atomic E-state index is 0.704. The molecule has 2 saturated carbocycles. The smallest absolute Gasteiger partial charge is 0.222 e. The van der Waals surface area contributed by atoms with Gasteiger partial charge in [-0.3, -0.25) is 0 Å². The van der Waals surface area contributed by atoms with Gasteiger partial charge in [0.15, 0.2) is 5.75 Å². The van der Waals surface area contributed by atoms with Crippen molar-refractivity contribution in [3.8, 4) is 5.75 Å². The highest BCUT2D eigenvalue weighted by Gasteiger charge is 2.39. The molecule has 0 radical (unpaired) electrons. The average Bonchev–Trinajstić information content (AvgIpc) is 2.99. The third kappa shape index (κ3) is 2.21. The van der Waals surface area contributed by atoms with Crippen molar-refractivity contribution in [3.05, 3.63) is 12.4 Å². The van der Waals surface area contributed by atoms with Crippen LogP contribution in [0.25, 0.3) is 0 Å². The van der Waals surface area contributed by atoms with E-state index in [0.29, 0.717) is 11.7 Å². The van der Waals surface area contributed by atoms with Crippen LogP contribution in [0, 0.1) is 17.8 Å². The summed E-state index contributed by atoms with van der Waals surface area (Å²) in [6, 6.07) is 0. The van der Waals surface area contributed by atoms with E-state index in [-0.39, 0.29) is 0 Å². The van der Waals surface area contributed by atoms with Crippen molar-refractivity contribution in [2.45, 2.75) is 25.7 Å². The van der Waals surface area contributed by atoms with E-state index < -0.39 is 0 Å². The quantitative estimate of drug-likeness (QED) is 0.867. The van der Waals surface area contributed by atoms with E-state index in [1.807, 2.05) is 0 Å². The monoisotopic (exact) mass is 233 g/mol. The molecule has 1 aromatic heterocycles. The SMILES string of the molecule is COc1cnc(NCC2CC3CCC2C3)nc1. The Hall–Kier alpha value is -1.32. The molecular weight excluding hydrogens is 214 g/mol. The molecule has 92 valence electrons. The number of aromatic nitrogens is 2. The number of nitrogens with one attached hydrogen (secondary N) is 1. The lowest BCUT2D eigenvalue weighted by molar-refractivity contribution is 0.348. The fourth-order valence-electron chi connectivity index (χ4n) is 3.36. The highest BCUT2D eigenvalue weighted by atomic mass is 16.5. The lowest BCUT2D eigenvalue weighted by Gasteiger charge is -2.21. The molecule has 4 nitrogen and oxygen atoms in total. The van der Waals surface area contributed by atoms with Crippen molar-refractivity contribution in [3.63, 3.8) is 0 Å². The molecule has 2 aliphatic rings. The molecule has 0 aromatic carbocycles. The zero-order valence-corrected chi connectivity index (χ0v) is 10.2. The van der Waals surface area contributed by atoms with Gasteiger partial charge in [0, 0.05) is 6.54 Å². The van der Waals surface area contributed by atoms with Gasteiger partial charge >= 0.3 is 0 Å². The molecule has 1 aromatic rings. The number of hydrogen-bond acceptors (Lipinski definition) is 4. The average molecular weight is 233 g/mol. The van der Waals surface area contributed by atoms with Gasteiger partial charge in [0.05, 0.1) is 19.5 Å². The van der Waals surface area contributed by atoms with Gasteiger partial charge in [-0.1, -0.05) is 6.42 Å². The highest BCUT2D eigenvalue weighted by molar-refractivity contribution is 5.27. The molecule has 17 heavy (non-hydrogen) atoms. The maximum Gasteiger partial charge on any atom is 0.222 e. The van der Waals surface area contributed by atoms with Crippen LogP contribution < -0.4 is 10.1 Å². The van der Waals surface area contributed by atoms with Crippen molar-refractivity contribution < 1.29 is 4.74 Å². The molecule has 0 amide bonds. The Labute approximate surface area is 102 Å². The van der Waals surface area contributed by atoms with Gasteiger partial charge in [0.2, 0.25) is 5.95 Å². The van der Waals surface area contributed by atoms with E-state index >= 15 is 0 Å². The van der Waals surface area contributed by atoms with Crippen LogP contribution in [-0.4, -0.2) is 23.6 Å². The summed E-state index contributed by atoms with van der Waals surface area (Å²) in [6.45, 7) is 1.02. The largest absolute Gasteiger partial charge is 0.494 e. The van der Waals surface area contributed by atoms with Crippen LogP contribution in [0.3, 0.4) is 0 Å². The first-order chi connectivity index (χ1) is 8.35. The number of rotatable bonds is 4. The second-order valence-electron chi connectivity index (χ2n) is 5.26. The fraction of sp³-hybridized carbons (Fsp3) is 0.692. The van der Waals surface area contributed by atoms with Crippen molar-refractivity contribution >= 4 is 5.95 Å². The maximum atomic E-state index is 5.03. The van der Waals surface area contributed by atoms with Gasteiger partial charge < -0.3 is 10.1 Å². The summed E-state index contributed by atoms with van der Waals surface area (Å²) in [5.41, 5.74) is 0. The Balaban J connectivity index is 1.53. The first kappa shape index (κ1) is 10.8. The summed E-state index contributed by atoms with van der Waals surface area (Å²) in [5, 5.41) is 3.34. The molecule has 3 atom stereocenters. The Morgan fingerprint density at radius 3 is 2.71 bits per heavy atom. The van der Waals surface area contributed by atoms with Crippen LogP contribution in [0.5, 0.6) is 5.75 Å². The molecule has 0 aliphatic heterocycles. The van der Waals surface area contributed by atoms with Gasteiger partial charge in [-0.15, -0.1) is 0 Å². The predicted molar refractivity (Wildman–Crippen MR) is 66.0 cm³/mol. The van der Waals surface area contributed by atoms with E-state index in [2.05, 4.69) is 15.3 Å². The van der Waals surface area contributed by atoms with E-state index in [4.69, 9.17) is 4.74 Å². The zero-order valence-electron chi connectivity index (χ0n) is 10.2. The molecule has 1 N–H and O–H groups in total. The topological polar surface area (TPSA) is 47.0 Å². The number of hydrogen-bond donors (Lipinski definition) is 1. The van der Waals surface area contributed by atoms with Gasteiger partial charge in [-0.05, 0) is 37.0 Å². The van der Waals surface area contributed by atoms with Crippen LogP contribution in [0.1, 0.15) is 25.7 Å². The Morgan fingerprint density at radius 2 is 2.12 bits per heavy atom. The fourth-order valence-corrected chi connectivity index (χ4v) is 3.36. The van der Waals surface area contributed by atoms with Crippen LogP contribution in [0.4, 0.5) is 5.95 Å². The summed E-state index contributed by atoms with van der Waals surface area (Å²) in [4.78, 5) is 8.45. The first-order valence-electron chi connectivity index (χ1n) is 6.45. The van der Waals surface area contributed by atoms with E-state index in [1.165, 1.54) is 25.7 Å². The molecule has 3 rings (SSSR count). The lowest BCUT2D eigenvalue weighted by atomic mass is 9.89. The van der Waals surface area contributed by atoms with Gasteiger partial charge in [-0.2, -0.15) is 0 Å². The van der Waals surface area contributed by atoms with Crippen molar-refractivity contribution in [2.24, 2.45) is 17.8 Å². The van der Waals surface area contributed by atoms with Crippen molar-refractivity contribution in [2.75, 3.05) is 19.0 Å². The van der Waals surface area contributed by atoms with E-state index in [0.717, 1.165) is 24.3 Å². The van der Waals surface area contributed by atoms with Crippen LogP contribution >= 0.6 is 0 Å². The minimum Gasteiger partial charge on any atom is -0.494 e. The summed E-state index contributed by atoms with van der Waals surface area (Å²) < 4.78 is 5.03. The van der Waals surface area contributed by atoms with Crippen LogP contribution in [0.15, 0.2) is 12.4 Å². The number of methoxy groups -OCH3 is 1. The third-order valence-corrected chi connectivity index (χ3v) is 4.27. The lowest BCUT2D eigenvalue weighted by Crippen LogP contribution is -2.20. The third-order valence-electron chi connectivity index (χ3n) is 4.27. The summed E-state index contributed by atoms with van der Waals surface area (Å²) in [7, 11) is 1.63. The predicted octanol–water partition coefficient (Wildman–Crippen LogP) is 2.33. The molecule has 3 unspecified atom stereocenters. The molecule has 2 aliphatic carbocycles.